The van der Waals surface area contributed by atoms with Gasteiger partial charge in [0.25, 0.3) is 0 Å². The van der Waals surface area contributed by atoms with Crippen LogP contribution >= 0.6 is 11.6 Å². The van der Waals surface area contributed by atoms with Gasteiger partial charge in [0, 0.05) is 17.0 Å². The predicted molar refractivity (Wildman–Crippen MR) is 81.7 cm³/mol. The lowest BCUT2D eigenvalue weighted by atomic mass is 9.56. The number of halogens is 1. The molecule has 2 saturated carbocycles. The molecular formula is C17H24ClN. The van der Waals surface area contributed by atoms with Gasteiger partial charge in [-0.2, -0.15) is 0 Å². The molecule has 1 spiro atoms. The summed E-state index contributed by atoms with van der Waals surface area (Å²) < 4.78 is 0. The van der Waals surface area contributed by atoms with Crippen molar-refractivity contribution in [3.05, 3.63) is 34.9 Å². The number of rotatable bonds is 5. The molecule has 0 unspecified atom stereocenters. The third kappa shape index (κ3) is 2.68. The van der Waals surface area contributed by atoms with Crippen molar-refractivity contribution in [2.24, 2.45) is 11.3 Å². The van der Waals surface area contributed by atoms with Gasteiger partial charge in [0.2, 0.25) is 0 Å². The van der Waals surface area contributed by atoms with E-state index in [-0.39, 0.29) is 0 Å². The van der Waals surface area contributed by atoms with E-state index in [1.54, 1.807) is 0 Å². The van der Waals surface area contributed by atoms with Crippen LogP contribution in [0.15, 0.2) is 24.3 Å². The predicted octanol–water partition coefficient (Wildman–Crippen LogP) is 4.40. The molecule has 1 aromatic carbocycles. The van der Waals surface area contributed by atoms with E-state index in [0.29, 0.717) is 16.7 Å². The van der Waals surface area contributed by atoms with Crippen molar-refractivity contribution in [1.82, 2.24) is 5.32 Å². The molecule has 0 atom stereocenters. The van der Waals surface area contributed by atoms with E-state index in [4.69, 9.17) is 11.6 Å². The molecule has 104 valence electrons. The zero-order valence-electron chi connectivity index (χ0n) is 12.0. The van der Waals surface area contributed by atoms with Crippen LogP contribution < -0.4 is 5.32 Å². The fourth-order valence-electron chi connectivity index (χ4n) is 3.76. The van der Waals surface area contributed by atoms with E-state index in [1.807, 2.05) is 6.07 Å². The minimum atomic E-state index is 0.344. The van der Waals surface area contributed by atoms with Crippen LogP contribution in [0.25, 0.3) is 0 Å². The molecule has 0 aromatic heterocycles. The number of hydrogen-bond donors (Lipinski definition) is 1. The molecule has 0 aliphatic heterocycles. The summed E-state index contributed by atoms with van der Waals surface area (Å²) in [6, 6.07) is 8.51. The average Bonchev–Trinajstić information content (AvgIpc) is 3.07. The molecular weight excluding hydrogens is 254 g/mol. The first-order chi connectivity index (χ1) is 9.04. The van der Waals surface area contributed by atoms with Gasteiger partial charge in [0.1, 0.15) is 0 Å². The van der Waals surface area contributed by atoms with Gasteiger partial charge in [-0.3, -0.25) is 0 Å². The Morgan fingerprint density at radius 2 is 2.00 bits per heavy atom. The average molecular weight is 278 g/mol. The summed E-state index contributed by atoms with van der Waals surface area (Å²) in [5.41, 5.74) is 2.49. The van der Waals surface area contributed by atoms with Crippen molar-refractivity contribution in [1.29, 1.82) is 0 Å². The number of benzene rings is 1. The van der Waals surface area contributed by atoms with Crippen molar-refractivity contribution < 1.29 is 0 Å². The van der Waals surface area contributed by atoms with Gasteiger partial charge in [-0.25, -0.2) is 0 Å². The van der Waals surface area contributed by atoms with Crippen LogP contribution in [0.1, 0.15) is 45.1 Å². The van der Waals surface area contributed by atoms with Gasteiger partial charge in [0.05, 0.1) is 0 Å². The monoisotopic (exact) mass is 277 g/mol. The van der Waals surface area contributed by atoms with Crippen LogP contribution in [0.2, 0.25) is 5.02 Å². The lowest BCUT2D eigenvalue weighted by molar-refractivity contribution is 0.115. The summed E-state index contributed by atoms with van der Waals surface area (Å²) in [6.07, 6.45) is 5.59. The molecule has 2 heteroatoms. The molecule has 0 amide bonds. The molecule has 0 radical (unpaired) electrons. The van der Waals surface area contributed by atoms with Crippen LogP contribution in [0, 0.1) is 11.3 Å². The third-order valence-corrected chi connectivity index (χ3v) is 5.07. The van der Waals surface area contributed by atoms with Gasteiger partial charge in [-0.05, 0) is 61.3 Å². The Morgan fingerprint density at radius 1 is 1.26 bits per heavy atom. The highest BCUT2D eigenvalue weighted by atomic mass is 35.5. The Morgan fingerprint density at radius 3 is 2.58 bits per heavy atom. The lowest BCUT2D eigenvalue weighted by Gasteiger charge is -2.50. The van der Waals surface area contributed by atoms with E-state index in [0.717, 1.165) is 18.1 Å². The van der Waals surface area contributed by atoms with Gasteiger partial charge in [-0.15, -0.1) is 0 Å². The smallest absolute Gasteiger partial charge is 0.0408 e. The standard InChI is InChI=1S/C17H24ClN/c1-13(2)9-19-12-17(10-16(11-17)6-7-16)14-4-3-5-15(18)8-14/h3-5,8,13,19H,6-7,9-12H2,1-2H3. The van der Waals surface area contributed by atoms with Crippen molar-refractivity contribution >= 4 is 11.6 Å². The lowest BCUT2D eigenvalue weighted by Crippen LogP contribution is -2.50. The highest BCUT2D eigenvalue weighted by Crippen LogP contribution is 2.68. The van der Waals surface area contributed by atoms with Crippen molar-refractivity contribution in [2.45, 2.75) is 44.9 Å². The molecule has 0 bridgehead atoms. The van der Waals surface area contributed by atoms with Crippen molar-refractivity contribution in [3.8, 4) is 0 Å². The Labute approximate surface area is 121 Å². The molecule has 2 aliphatic rings. The molecule has 1 aromatic rings. The molecule has 19 heavy (non-hydrogen) atoms. The fourth-order valence-corrected chi connectivity index (χ4v) is 3.95. The second-order valence-corrected chi connectivity index (χ2v) is 7.61. The van der Waals surface area contributed by atoms with Crippen molar-refractivity contribution in [2.75, 3.05) is 13.1 Å². The van der Waals surface area contributed by atoms with E-state index in [1.165, 1.54) is 31.2 Å². The molecule has 2 fully saturated rings. The van der Waals surface area contributed by atoms with Gasteiger partial charge < -0.3 is 5.32 Å². The highest BCUT2D eigenvalue weighted by molar-refractivity contribution is 6.30. The molecule has 2 aliphatic carbocycles. The summed E-state index contributed by atoms with van der Waals surface area (Å²) in [5.74, 6) is 0.714. The normalized spacial score (nSPS) is 22.5. The number of nitrogens with one attached hydrogen (secondary N) is 1. The second-order valence-electron chi connectivity index (χ2n) is 7.17. The van der Waals surface area contributed by atoms with Crippen molar-refractivity contribution in [3.63, 3.8) is 0 Å². The quantitative estimate of drug-likeness (QED) is 0.841. The highest BCUT2D eigenvalue weighted by Gasteiger charge is 2.60. The van der Waals surface area contributed by atoms with Gasteiger partial charge >= 0.3 is 0 Å². The minimum Gasteiger partial charge on any atom is -0.316 e. The Hall–Kier alpha value is -0.530. The SMILES string of the molecule is CC(C)CNCC1(c2cccc(Cl)c2)CC2(CC2)C1. The fraction of sp³-hybridized carbons (Fsp3) is 0.647. The second kappa shape index (κ2) is 4.79. The summed E-state index contributed by atoms with van der Waals surface area (Å²) in [5, 5.41) is 4.54. The zero-order valence-corrected chi connectivity index (χ0v) is 12.8. The van der Waals surface area contributed by atoms with E-state index in [9.17, 15) is 0 Å². The van der Waals surface area contributed by atoms with Crippen LogP contribution in [0.4, 0.5) is 0 Å². The summed E-state index contributed by atoms with van der Waals surface area (Å²) in [6.45, 7) is 6.74. The maximum absolute atomic E-state index is 6.18. The number of hydrogen-bond acceptors (Lipinski definition) is 1. The summed E-state index contributed by atoms with van der Waals surface area (Å²) in [7, 11) is 0. The maximum Gasteiger partial charge on any atom is 0.0408 e. The van der Waals surface area contributed by atoms with Crippen LogP contribution in [-0.4, -0.2) is 13.1 Å². The van der Waals surface area contributed by atoms with Crippen LogP contribution in [0.5, 0.6) is 0 Å². The first-order valence-corrected chi connectivity index (χ1v) is 7.88. The van der Waals surface area contributed by atoms with Gasteiger partial charge in [-0.1, -0.05) is 37.6 Å². The van der Waals surface area contributed by atoms with Gasteiger partial charge in [0.15, 0.2) is 0 Å². The molecule has 3 rings (SSSR count). The van der Waals surface area contributed by atoms with E-state index >= 15 is 0 Å². The summed E-state index contributed by atoms with van der Waals surface area (Å²) in [4.78, 5) is 0. The Balaban J connectivity index is 1.74. The molecule has 0 heterocycles. The van der Waals surface area contributed by atoms with E-state index < -0.39 is 0 Å². The topological polar surface area (TPSA) is 12.0 Å². The molecule has 0 saturated heterocycles. The third-order valence-electron chi connectivity index (χ3n) is 4.84. The van der Waals surface area contributed by atoms with E-state index in [2.05, 4.69) is 37.4 Å². The largest absolute Gasteiger partial charge is 0.316 e. The summed E-state index contributed by atoms with van der Waals surface area (Å²) >= 11 is 6.18. The first-order valence-electron chi connectivity index (χ1n) is 7.51. The maximum atomic E-state index is 6.18. The van der Waals surface area contributed by atoms with Crippen LogP contribution in [-0.2, 0) is 5.41 Å². The minimum absolute atomic E-state index is 0.344. The Bertz CT molecular complexity index is 454. The zero-order chi connectivity index (χ0) is 13.5. The molecule has 1 N–H and O–H groups in total. The molecule has 1 nitrogen and oxygen atoms in total. The first kappa shape index (κ1) is 13.5. The van der Waals surface area contributed by atoms with Crippen LogP contribution in [0.3, 0.4) is 0 Å². The Kier molecular flexibility index (Phi) is 3.39.